The monoisotopic (exact) mass is 1240 g/mol. The quantitative estimate of drug-likeness (QED) is 0.0294. The van der Waals surface area contributed by atoms with Crippen LogP contribution in [0.3, 0.4) is 0 Å². The number of nitrogens with zero attached hydrogens (tertiary/aromatic N) is 2. The van der Waals surface area contributed by atoms with Gasteiger partial charge in [-0.2, -0.15) is 25.3 Å². The molecule has 472 valence electrons. The first-order chi connectivity index (χ1) is 39.3. The number of anilines is 2. The minimum atomic E-state index is -4.65. The molecule has 1 unspecified atom stereocenters. The molecule has 3 rings (SSSR count). The highest BCUT2D eigenvalue weighted by atomic mass is 32.2. The number of phenolic OH excluding ortho intramolecular Hbond substituents is 1. The summed E-state index contributed by atoms with van der Waals surface area (Å²) in [6.07, 6.45) is 7.32. The van der Waals surface area contributed by atoms with Crippen LogP contribution in [0.5, 0.6) is 5.75 Å². The Balaban J connectivity index is 1.78. The fraction of sp³-hybridized carbons (Fsp3) is 0.625. The van der Waals surface area contributed by atoms with Gasteiger partial charge in [0, 0.05) is 60.9 Å². The first-order valence-corrected chi connectivity index (χ1v) is 32.0. The van der Waals surface area contributed by atoms with Crippen LogP contribution in [0.2, 0.25) is 0 Å². The van der Waals surface area contributed by atoms with Gasteiger partial charge >= 0.3 is 5.97 Å². The topological polar surface area (TPSA) is 319 Å². The Morgan fingerprint density at radius 2 is 1.16 bits per heavy atom. The molecule has 27 heteroatoms. The van der Waals surface area contributed by atoms with Gasteiger partial charge in [0.15, 0.2) is 0 Å². The molecule has 2 aromatic carbocycles. The Kier molecular flexibility index (Phi) is 33.3. The summed E-state index contributed by atoms with van der Waals surface area (Å²) in [7, 11) is -11.6. The molecule has 0 fully saturated rings. The van der Waals surface area contributed by atoms with Crippen molar-refractivity contribution in [3.05, 3.63) is 89.7 Å². The van der Waals surface area contributed by atoms with Crippen LogP contribution in [-0.2, 0) is 87.9 Å². The number of methoxy groups -OCH3 is 1. The lowest BCUT2D eigenvalue weighted by atomic mass is 9.77. The highest BCUT2D eigenvalue weighted by Gasteiger charge is 2.44. The number of phenols is 1. The van der Waals surface area contributed by atoms with Crippen LogP contribution in [0.1, 0.15) is 64.5 Å². The summed E-state index contributed by atoms with van der Waals surface area (Å²) < 4.78 is 156. The number of carboxylic acids is 1. The van der Waals surface area contributed by atoms with E-state index in [0.29, 0.717) is 126 Å². The molecule has 0 amide bonds. The standard InChI is InChI=1S/C56H88N2O22S3/c1-45(42-49(55(2,3)4)48-14-12-46(43-52(48)59)57(18-9-41-82(65,66)67)19-22-73-27-30-77-35-38-79-33-32-75-25-24-71-6)10-7-11-53-56(5,17-8-40-81(62,63)64)50-44-47(83(68,69)70)13-15-51(50)58(53)20-23-74-28-31-78-36-39-80-37-34-76-29-26-72-21-16-54(60)61/h7,10-15,42-44,59H,1,8-9,16-41H2,2-6H3,(H,60,61)(H,62,63,64)(H,65,66,67)(H,68,69,70)/b10-7+,49-42+,53-11+. The molecule has 5 N–H and O–H groups in total. The van der Waals surface area contributed by atoms with Gasteiger partial charge in [0.25, 0.3) is 30.4 Å². The van der Waals surface area contributed by atoms with E-state index >= 15 is 0 Å². The number of carbonyl (C=O) groups is 1. The summed E-state index contributed by atoms with van der Waals surface area (Å²) >= 11 is 0. The number of carboxylic acid groups (broad SMARTS) is 1. The summed E-state index contributed by atoms with van der Waals surface area (Å²) in [5.74, 6) is -2.00. The molecular formula is C56H88N2O22S3. The van der Waals surface area contributed by atoms with Crippen LogP contribution >= 0.6 is 0 Å². The highest BCUT2D eigenvalue weighted by molar-refractivity contribution is 7.86. The second-order valence-corrected chi connectivity index (χ2v) is 24.9. The number of hydrogen-bond acceptors (Lipinski definition) is 20. The largest absolute Gasteiger partial charge is 0.507 e. The van der Waals surface area contributed by atoms with Crippen molar-refractivity contribution < 1.29 is 101 Å². The van der Waals surface area contributed by atoms with E-state index in [-0.39, 0.29) is 89.1 Å². The maximum Gasteiger partial charge on any atom is 0.305 e. The van der Waals surface area contributed by atoms with Crippen molar-refractivity contribution in [2.45, 2.75) is 63.7 Å². The van der Waals surface area contributed by atoms with Crippen LogP contribution in [0, 0.1) is 5.41 Å². The number of ether oxygens (including phenoxy) is 10. The Labute approximate surface area is 490 Å². The molecule has 1 heterocycles. The summed E-state index contributed by atoms with van der Waals surface area (Å²) in [6, 6.07) is 9.37. The van der Waals surface area contributed by atoms with Gasteiger partial charge in [-0.25, -0.2) is 0 Å². The van der Waals surface area contributed by atoms with Gasteiger partial charge in [-0.15, -0.1) is 0 Å². The fourth-order valence-electron chi connectivity index (χ4n) is 8.63. The van der Waals surface area contributed by atoms with Gasteiger partial charge in [0.05, 0.1) is 148 Å². The number of aromatic hydroxyl groups is 1. The van der Waals surface area contributed by atoms with Gasteiger partial charge in [-0.3, -0.25) is 18.5 Å². The molecule has 0 spiro atoms. The molecule has 1 atom stereocenters. The lowest BCUT2D eigenvalue weighted by Gasteiger charge is -2.30. The molecular weight excluding hydrogens is 1150 g/mol. The van der Waals surface area contributed by atoms with Gasteiger partial charge in [0.1, 0.15) is 5.75 Å². The predicted molar refractivity (Wildman–Crippen MR) is 313 cm³/mol. The lowest BCUT2D eigenvalue weighted by Crippen LogP contribution is -2.31. The zero-order chi connectivity index (χ0) is 61.4. The van der Waals surface area contributed by atoms with Gasteiger partial charge < -0.3 is 67.4 Å². The van der Waals surface area contributed by atoms with Gasteiger partial charge in [-0.1, -0.05) is 45.6 Å². The Morgan fingerprint density at radius 1 is 0.663 bits per heavy atom. The summed E-state index contributed by atoms with van der Waals surface area (Å²) in [5, 5.41) is 20.3. The highest BCUT2D eigenvalue weighted by Crippen LogP contribution is 2.51. The lowest BCUT2D eigenvalue weighted by molar-refractivity contribution is -0.138. The SMILES string of the molecule is C=C(/C=C(\c1ccc(N(CCCS(=O)(=O)O)CCOCCOCCOCCOCCOC)cc1O)C(C)(C)C)/C=C/C=C1/N(CCOCCOCCOCCOCCOCCC(=O)O)c2ccc(S(=O)(=O)O)cc2C1(C)CCCS(=O)(=O)O. The normalized spacial score (nSPS) is 15.7. The second kappa shape index (κ2) is 37.9. The predicted octanol–water partition coefficient (Wildman–Crippen LogP) is 5.87. The number of rotatable bonds is 47. The van der Waals surface area contributed by atoms with Crippen molar-refractivity contribution in [3.63, 3.8) is 0 Å². The molecule has 2 aromatic rings. The van der Waals surface area contributed by atoms with Crippen molar-refractivity contribution in [2.75, 3.05) is 174 Å². The maximum absolute atomic E-state index is 12.4. The molecule has 0 bridgehead atoms. The Morgan fingerprint density at radius 3 is 1.64 bits per heavy atom. The Bertz CT molecular complexity index is 2710. The van der Waals surface area contributed by atoms with Crippen molar-refractivity contribution >= 4 is 53.3 Å². The van der Waals surface area contributed by atoms with Gasteiger partial charge in [-0.05, 0) is 84.7 Å². The third-order valence-corrected chi connectivity index (χ3v) is 15.2. The second-order valence-electron chi connectivity index (χ2n) is 20.3. The molecule has 1 aliphatic heterocycles. The van der Waals surface area contributed by atoms with Crippen molar-refractivity contribution in [2.24, 2.45) is 5.41 Å². The van der Waals surface area contributed by atoms with E-state index in [9.17, 15) is 48.8 Å². The zero-order valence-electron chi connectivity index (χ0n) is 48.6. The van der Waals surface area contributed by atoms with Crippen LogP contribution in [-0.4, -0.2) is 219 Å². The molecule has 0 aliphatic carbocycles. The molecule has 83 heavy (non-hydrogen) atoms. The smallest absolute Gasteiger partial charge is 0.305 e. The third-order valence-electron chi connectivity index (χ3n) is 12.7. The van der Waals surface area contributed by atoms with E-state index in [1.54, 1.807) is 43.5 Å². The molecule has 0 saturated carbocycles. The number of fused-ring (bicyclic) bond motifs is 1. The first-order valence-electron chi connectivity index (χ1n) is 27.4. The van der Waals surface area contributed by atoms with E-state index < -0.39 is 58.7 Å². The van der Waals surface area contributed by atoms with E-state index in [2.05, 4.69) is 6.58 Å². The van der Waals surface area contributed by atoms with E-state index in [4.69, 9.17) is 52.5 Å². The Hall–Kier alpha value is -4.40. The van der Waals surface area contributed by atoms with Crippen molar-refractivity contribution in [1.29, 1.82) is 0 Å². The molecule has 0 radical (unpaired) electrons. The molecule has 0 aromatic heterocycles. The fourth-order valence-corrected chi connectivity index (χ4v) is 10.1. The number of hydrogen-bond donors (Lipinski definition) is 5. The third kappa shape index (κ3) is 29.5. The summed E-state index contributed by atoms with van der Waals surface area (Å²) in [6.45, 7) is 19.0. The van der Waals surface area contributed by atoms with E-state index in [1.807, 2.05) is 49.6 Å². The summed E-state index contributed by atoms with van der Waals surface area (Å²) in [4.78, 5) is 14.0. The van der Waals surface area contributed by atoms with Crippen LogP contribution < -0.4 is 9.80 Å². The van der Waals surface area contributed by atoms with Crippen LogP contribution in [0.25, 0.3) is 5.57 Å². The molecule has 24 nitrogen and oxygen atoms in total. The van der Waals surface area contributed by atoms with Crippen molar-refractivity contribution in [3.8, 4) is 5.75 Å². The van der Waals surface area contributed by atoms with Crippen LogP contribution in [0.15, 0.2) is 83.4 Å². The number of aliphatic carboxylic acids is 1. The summed E-state index contributed by atoms with van der Waals surface area (Å²) in [5.41, 5.74) is 2.49. The van der Waals surface area contributed by atoms with E-state index in [1.165, 1.54) is 12.1 Å². The van der Waals surface area contributed by atoms with Gasteiger partial charge in [0.2, 0.25) is 0 Å². The minimum absolute atomic E-state index is 0.00132. The van der Waals surface area contributed by atoms with Crippen LogP contribution in [0.4, 0.5) is 11.4 Å². The molecule has 1 aliphatic rings. The zero-order valence-corrected chi connectivity index (χ0v) is 51.0. The number of benzene rings is 2. The van der Waals surface area contributed by atoms with E-state index in [0.717, 1.165) is 5.57 Å². The first kappa shape index (κ1) is 72.9. The maximum atomic E-state index is 12.4. The van der Waals surface area contributed by atoms with Crippen molar-refractivity contribution in [1.82, 2.24) is 0 Å². The number of allylic oxidation sites excluding steroid dienone is 7. The average Bonchev–Trinajstić information content (AvgIpc) is 2.67. The minimum Gasteiger partial charge on any atom is -0.507 e. The average molecular weight is 1240 g/mol. The molecule has 0 saturated heterocycles.